The molecule has 0 atom stereocenters. The fraction of sp³-hybridized carbons (Fsp3) is 0.182. The Kier molecular flexibility index (Phi) is 4.26. The van der Waals surface area contributed by atoms with Gasteiger partial charge in [0.2, 0.25) is 0 Å². The summed E-state index contributed by atoms with van der Waals surface area (Å²) in [6.45, 7) is 2.04. The first kappa shape index (κ1) is 10.9. The van der Waals surface area contributed by atoms with Crippen LogP contribution >= 0.6 is 11.8 Å². The number of benzene rings is 1. The molecule has 1 rings (SSSR count). The summed E-state index contributed by atoms with van der Waals surface area (Å²) in [5.74, 6) is -0.0902. The van der Waals surface area contributed by atoms with Crippen LogP contribution in [0.25, 0.3) is 0 Å². The van der Waals surface area contributed by atoms with Crippen LogP contribution in [-0.2, 0) is 10.5 Å². The van der Waals surface area contributed by atoms with Crippen molar-refractivity contribution < 1.29 is 9.90 Å². The van der Waals surface area contributed by atoms with E-state index in [2.05, 4.69) is 6.07 Å². The molecule has 0 saturated carbocycles. The van der Waals surface area contributed by atoms with Gasteiger partial charge >= 0.3 is 5.97 Å². The summed E-state index contributed by atoms with van der Waals surface area (Å²) in [6.07, 6.45) is 1.15. The molecule has 0 aliphatic carbocycles. The van der Waals surface area contributed by atoms with E-state index in [4.69, 9.17) is 5.11 Å². The highest BCUT2D eigenvalue weighted by Gasteiger charge is 1.92. The van der Waals surface area contributed by atoms with Crippen LogP contribution in [0.5, 0.6) is 0 Å². The predicted molar refractivity (Wildman–Crippen MR) is 59.2 cm³/mol. The first-order valence-electron chi connectivity index (χ1n) is 4.25. The van der Waals surface area contributed by atoms with Crippen LogP contribution in [0.2, 0.25) is 0 Å². The van der Waals surface area contributed by atoms with Crippen molar-refractivity contribution in [3.63, 3.8) is 0 Å². The normalized spacial score (nSPS) is 10.6. The molecule has 3 heteroatoms. The van der Waals surface area contributed by atoms with Gasteiger partial charge < -0.3 is 5.11 Å². The molecule has 0 heterocycles. The minimum absolute atomic E-state index is 0.811. The smallest absolute Gasteiger partial charge is 0.328 e. The number of aliphatic carboxylic acids is 1. The highest BCUT2D eigenvalue weighted by atomic mass is 32.2. The van der Waals surface area contributed by atoms with Crippen LogP contribution in [0.3, 0.4) is 0 Å². The molecular weight excluding hydrogens is 196 g/mol. The lowest BCUT2D eigenvalue weighted by Gasteiger charge is -1.98. The average Bonchev–Trinajstić information content (AvgIpc) is 2.12. The quantitative estimate of drug-likeness (QED) is 0.773. The summed E-state index contributed by atoms with van der Waals surface area (Å²) in [6, 6.07) is 8.18. The molecule has 0 saturated heterocycles. The van der Waals surface area contributed by atoms with Crippen molar-refractivity contribution >= 4 is 17.7 Å². The molecule has 1 aromatic carbocycles. The van der Waals surface area contributed by atoms with Crippen molar-refractivity contribution in [1.29, 1.82) is 0 Å². The van der Waals surface area contributed by atoms with E-state index in [-0.39, 0.29) is 0 Å². The Morgan fingerprint density at radius 1 is 1.57 bits per heavy atom. The Hall–Kier alpha value is -1.22. The second kappa shape index (κ2) is 5.50. The van der Waals surface area contributed by atoms with Crippen molar-refractivity contribution in [1.82, 2.24) is 0 Å². The number of aryl methyl sites for hydroxylation is 1. The summed E-state index contributed by atoms with van der Waals surface area (Å²) in [5, 5.41) is 9.96. The molecular formula is C11H12O2S. The highest BCUT2D eigenvalue weighted by molar-refractivity contribution is 8.01. The Labute approximate surface area is 87.6 Å². The number of carbonyl (C=O) groups is 1. The van der Waals surface area contributed by atoms with E-state index < -0.39 is 5.97 Å². The molecule has 74 valence electrons. The minimum Gasteiger partial charge on any atom is -0.478 e. The van der Waals surface area contributed by atoms with Crippen LogP contribution in [0.4, 0.5) is 0 Å². The first-order valence-corrected chi connectivity index (χ1v) is 5.30. The number of carboxylic acid groups (broad SMARTS) is 1. The van der Waals surface area contributed by atoms with Gasteiger partial charge in [-0.25, -0.2) is 4.79 Å². The third-order valence-corrected chi connectivity index (χ3v) is 2.47. The summed E-state index contributed by atoms with van der Waals surface area (Å²) in [7, 11) is 0. The molecule has 0 amide bonds. The van der Waals surface area contributed by atoms with Crippen LogP contribution < -0.4 is 0 Å². The van der Waals surface area contributed by atoms with Gasteiger partial charge in [-0.3, -0.25) is 0 Å². The third-order valence-electron chi connectivity index (χ3n) is 1.64. The zero-order valence-electron chi connectivity index (χ0n) is 7.93. The van der Waals surface area contributed by atoms with E-state index in [0.29, 0.717) is 0 Å². The van der Waals surface area contributed by atoms with Crippen molar-refractivity contribution in [3.8, 4) is 0 Å². The van der Waals surface area contributed by atoms with E-state index in [1.165, 1.54) is 22.9 Å². The van der Waals surface area contributed by atoms with E-state index in [9.17, 15) is 4.79 Å². The highest BCUT2D eigenvalue weighted by Crippen LogP contribution is 2.14. The summed E-state index contributed by atoms with van der Waals surface area (Å²) < 4.78 is 0. The van der Waals surface area contributed by atoms with Gasteiger partial charge in [-0.1, -0.05) is 29.8 Å². The van der Waals surface area contributed by atoms with Crippen molar-refractivity contribution in [2.75, 3.05) is 0 Å². The topological polar surface area (TPSA) is 37.3 Å². The molecule has 0 spiro atoms. The Morgan fingerprint density at radius 3 is 3.00 bits per heavy atom. The maximum absolute atomic E-state index is 10.2. The monoisotopic (exact) mass is 208 g/mol. The van der Waals surface area contributed by atoms with Crippen LogP contribution in [0.1, 0.15) is 11.1 Å². The second-order valence-electron chi connectivity index (χ2n) is 2.94. The number of thioether (sulfide) groups is 1. The first-order chi connectivity index (χ1) is 6.68. The number of hydrogen-bond donors (Lipinski definition) is 1. The van der Waals surface area contributed by atoms with E-state index >= 15 is 0 Å². The van der Waals surface area contributed by atoms with Gasteiger partial charge in [0, 0.05) is 11.8 Å². The van der Waals surface area contributed by atoms with Gasteiger partial charge in [0.1, 0.15) is 0 Å². The lowest BCUT2D eigenvalue weighted by atomic mass is 10.2. The van der Waals surface area contributed by atoms with Crippen molar-refractivity contribution in [2.24, 2.45) is 0 Å². The molecule has 0 aliphatic heterocycles. The number of carboxylic acids is 1. The second-order valence-corrected chi connectivity index (χ2v) is 3.84. The van der Waals surface area contributed by atoms with Gasteiger partial charge in [-0.2, -0.15) is 0 Å². The maximum Gasteiger partial charge on any atom is 0.328 e. The largest absolute Gasteiger partial charge is 0.478 e. The summed E-state index contributed by atoms with van der Waals surface area (Å²) in [5.41, 5.74) is 2.44. The lowest BCUT2D eigenvalue weighted by Crippen LogP contribution is -1.85. The molecule has 0 aliphatic rings. The van der Waals surface area contributed by atoms with E-state index in [1.807, 2.05) is 25.1 Å². The molecule has 0 aromatic heterocycles. The summed E-state index contributed by atoms with van der Waals surface area (Å²) >= 11 is 1.48. The van der Waals surface area contributed by atoms with Gasteiger partial charge in [0.15, 0.2) is 0 Å². The standard InChI is InChI=1S/C11H12O2S/c1-9-3-2-4-10(7-9)8-14-6-5-11(12)13/h2-7H,8H2,1H3,(H,12,13). The molecule has 1 aromatic rings. The number of rotatable bonds is 4. The van der Waals surface area contributed by atoms with Crippen LogP contribution in [0.15, 0.2) is 35.7 Å². The SMILES string of the molecule is Cc1cccc(CSC=CC(=O)O)c1. The molecule has 1 N–H and O–H groups in total. The van der Waals surface area contributed by atoms with Gasteiger partial charge in [-0.15, -0.1) is 11.8 Å². The fourth-order valence-electron chi connectivity index (χ4n) is 1.05. The molecule has 2 nitrogen and oxygen atoms in total. The Bertz CT molecular complexity index is 345. The van der Waals surface area contributed by atoms with Crippen molar-refractivity contribution in [3.05, 3.63) is 46.9 Å². The molecule has 0 unspecified atom stereocenters. The van der Waals surface area contributed by atoms with E-state index in [0.717, 1.165) is 11.8 Å². The van der Waals surface area contributed by atoms with Gasteiger partial charge in [0.25, 0.3) is 0 Å². The average molecular weight is 208 g/mol. The fourth-order valence-corrected chi connectivity index (χ4v) is 1.73. The molecule has 0 fully saturated rings. The van der Waals surface area contributed by atoms with Gasteiger partial charge in [0.05, 0.1) is 0 Å². The van der Waals surface area contributed by atoms with Gasteiger partial charge in [-0.05, 0) is 17.9 Å². The minimum atomic E-state index is -0.901. The molecule has 14 heavy (non-hydrogen) atoms. The molecule has 0 bridgehead atoms. The number of hydrogen-bond acceptors (Lipinski definition) is 2. The third kappa shape index (κ3) is 4.14. The van der Waals surface area contributed by atoms with Crippen LogP contribution in [0, 0.1) is 6.92 Å². The van der Waals surface area contributed by atoms with Crippen LogP contribution in [-0.4, -0.2) is 11.1 Å². The zero-order chi connectivity index (χ0) is 10.4. The Balaban J connectivity index is 2.42. The summed E-state index contributed by atoms with van der Waals surface area (Å²) in [4.78, 5) is 10.2. The van der Waals surface area contributed by atoms with E-state index in [1.54, 1.807) is 5.41 Å². The maximum atomic E-state index is 10.2. The Morgan fingerprint density at radius 2 is 2.36 bits per heavy atom. The van der Waals surface area contributed by atoms with Crippen molar-refractivity contribution in [2.45, 2.75) is 12.7 Å². The molecule has 0 radical (unpaired) electrons. The lowest BCUT2D eigenvalue weighted by molar-refractivity contribution is -0.131. The predicted octanol–water partition coefficient (Wildman–Crippen LogP) is 2.83. The zero-order valence-corrected chi connectivity index (χ0v) is 8.75.